The Balaban J connectivity index is 2.33. The van der Waals surface area contributed by atoms with Crippen LogP contribution in [-0.4, -0.2) is 21.7 Å². The van der Waals surface area contributed by atoms with Gasteiger partial charge >= 0.3 is 6.18 Å². The second-order valence-electron chi connectivity index (χ2n) is 5.71. The molecule has 0 aliphatic heterocycles. The third kappa shape index (κ3) is 3.77. The predicted octanol–water partition coefficient (Wildman–Crippen LogP) is 2.70. The molecule has 1 aromatic heterocycles. The summed E-state index contributed by atoms with van der Waals surface area (Å²) in [6.07, 6.45) is -1.05. The minimum atomic E-state index is -4.46. The molecule has 1 N–H and O–H groups in total. The number of hydrogen-bond donors (Lipinski definition) is 1. The number of carbonyl (C=O) groups excluding carboxylic acids is 1. The minimum Gasteiger partial charge on any atom is -0.352 e. The lowest BCUT2D eigenvalue weighted by Crippen LogP contribution is -2.33. The standard InChI is InChI=1S/C14H20F3N3O/c1-9(2)18-12(21)8-20-11-7-5-3-4-6-10(11)13(19-20)14(15,16)17/h9H,3-8H2,1-2H3,(H,18,21). The van der Waals surface area contributed by atoms with E-state index in [-0.39, 0.29) is 24.1 Å². The Hall–Kier alpha value is -1.53. The van der Waals surface area contributed by atoms with Crippen LogP contribution in [0.1, 0.15) is 50.1 Å². The molecule has 2 rings (SSSR count). The maximum atomic E-state index is 13.1. The number of alkyl halides is 3. The van der Waals surface area contributed by atoms with Gasteiger partial charge in [0.25, 0.3) is 0 Å². The molecule has 4 nitrogen and oxygen atoms in total. The zero-order valence-electron chi connectivity index (χ0n) is 12.3. The van der Waals surface area contributed by atoms with E-state index < -0.39 is 11.9 Å². The number of fused-ring (bicyclic) bond motifs is 1. The van der Waals surface area contributed by atoms with Crippen LogP contribution < -0.4 is 5.32 Å². The lowest BCUT2D eigenvalue weighted by molar-refractivity contribution is -0.142. The summed E-state index contributed by atoms with van der Waals surface area (Å²) >= 11 is 0. The predicted molar refractivity (Wildman–Crippen MR) is 71.8 cm³/mol. The first-order valence-corrected chi connectivity index (χ1v) is 7.24. The second kappa shape index (κ2) is 6.07. The highest BCUT2D eigenvalue weighted by molar-refractivity contribution is 5.76. The zero-order valence-corrected chi connectivity index (χ0v) is 12.3. The molecule has 1 aliphatic carbocycles. The number of nitrogens with zero attached hydrogens (tertiary/aromatic N) is 2. The molecule has 0 radical (unpaired) electrons. The van der Waals surface area contributed by atoms with Crippen LogP contribution in [0, 0.1) is 0 Å². The average molecular weight is 303 g/mol. The maximum absolute atomic E-state index is 13.1. The summed E-state index contributed by atoms with van der Waals surface area (Å²) in [5.41, 5.74) is 0.0211. The number of hydrogen-bond acceptors (Lipinski definition) is 2. The summed E-state index contributed by atoms with van der Waals surface area (Å²) in [6, 6.07) is -0.0475. The SMILES string of the molecule is CC(C)NC(=O)Cn1nc(C(F)(F)F)c2c1CCCCC2. The van der Waals surface area contributed by atoms with Crippen LogP contribution in [0.4, 0.5) is 13.2 Å². The zero-order chi connectivity index (χ0) is 15.6. The number of halogens is 3. The van der Waals surface area contributed by atoms with Crippen molar-refractivity contribution in [3.8, 4) is 0 Å². The van der Waals surface area contributed by atoms with Crippen LogP contribution in [0.5, 0.6) is 0 Å². The molecular weight excluding hydrogens is 283 g/mol. The summed E-state index contributed by atoms with van der Waals surface area (Å²) in [5.74, 6) is -0.312. The second-order valence-corrected chi connectivity index (χ2v) is 5.71. The minimum absolute atomic E-state index is 0.0475. The van der Waals surface area contributed by atoms with Crippen LogP contribution >= 0.6 is 0 Å². The molecule has 0 saturated carbocycles. The molecule has 21 heavy (non-hydrogen) atoms. The Morgan fingerprint density at radius 1 is 1.29 bits per heavy atom. The summed E-state index contributed by atoms with van der Waals surface area (Å²) in [5, 5.41) is 6.36. The number of amides is 1. The van der Waals surface area contributed by atoms with Gasteiger partial charge in [-0.2, -0.15) is 18.3 Å². The Kier molecular flexibility index (Phi) is 4.58. The van der Waals surface area contributed by atoms with Gasteiger partial charge < -0.3 is 5.32 Å². The van der Waals surface area contributed by atoms with Crippen LogP contribution in [0.25, 0.3) is 0 Å². The molecule has 1 heterocycles. The third-order valence-electron chi connectivity index (χ3n) is 3.52. The monoisotopic (exact) mass is 303 g/mol. The number of aromatic nitrogens is 2. The van der Waals surface area contributed by atoms with E-state index in [1.165, 1.54) is 4.68 Å². The number of rotatable bonds is 3. The lowest BCUT2D eigenvalue weighted by atomic mass is 10.1. The van der Waals surface area contributed by atoms with Gasteiger partial charge in [0.05, 0.1) is 0 Å². The van der Waals surface area contributed by atoms with E-state index in [4.69, 9.17) is 0 Å². The molecule has 0 saturated heterocycles. The Bertz CT molecular complexity index is 520. The molecular formula is C14H20F3N3O. The maximum Gasteiger partial charge on any atom is 0.435 e. The van der Waals surface area contributed by atoms with Crippen LogP contribution in [0.15, 0.2) is 0 Å². The highest BCUT2D eigenvalue weighted by Crippen LogP contribution is 2.35. The fraction of sp³-hybridized carbons (Fsp3) is 0.714. The van der Waals surface area contributed by atoms with Gasteiger partial charge in [0.15, 0.2) is 5.69 Å². The van der Waals surface area contributed by atoms with Crippen molar-refractivity contribution in [1.82, 2.24) is 15.1 Å². The average Bonchev–Trinajstić information content (AvgIpc) is 2.55. The summed E-state index contributed by atoms with van der Waals surface area (Å²) < 4.78 is 40.5. The highest BCUT2D eigenvalue weighted by Gasteiger charge is 2.39. The van der Waals surface area contributed by atoms with Crippen molar-refractivity contribution in [2.75, 3.05) is 0 Å². The van der Waals surface area contributed by atoms with Crippen molar-refractivity contribution in [3.63, 3.8) is 0 Å². The first-order valence-electron chi connectivity index (χ1n) is 7.24. The fourth-order valence-electron chi connectivity index (χ4n) is 2.71. The first kappa shape index (κ1) is 15.9. The fourth-order valence-corrected chi connectivity index (χ4v) is 2.71. The number of carbonyl (C=O) groups is 1. The van der Waals surface area contributed by atoms with Crippen LogP contribution in [-0.2, 0) is 30.4 Å². The van der Waals surface area contributed by atoms with Crippen molar-refractivity contribution in [3.05, 3.63) is 17.0 Å². The van der Waals surface area contributed by atoms with E-state index >= 15 is 0 Å². The van der Waals surface area contributed by atoms with Crippen molar-refractivity contribution in [1.29, 1.82) is 0 Å². The quantitative estimate of drug-likeness (QED) is 0.873. The van der Waals surface area contributed by atoms with Gasteiger partial charge in [-0.25, -0.2) is 0 Å². The van der Waals surface area contributed by atoms with Crippen molar-refractivity contribution in [2.45, 2.75) is 64.7 Å². The van der Waals surface area contributed by atoms with Gasteiger partial charge in [-0.15, -0.1) is 0 Å². The highest BCUT2D eigenvalue weighted by atomic mass is 19.4. The normalized spacial score (nSPS) is 15.7. The first-order chi connectivity index (χ1) is 9.79. The van der Waals surface area contributed by atoms with Gasteiger partial charge in [0.1, 0.15) is 6.54 Å². The van der Waals surface area contributed by atoms with Gasteiger partial charge in [0.2, 0.25) is 5.91 Å². The molecule has 0 aromatic carbocycles. The Labute approximate surface area is 121 Å². The van der Waals surface area contributed by atoms with Gasteiger partial charge in [-0.05, 0) is 39.5 Å². The Morgan fingerprint density at radius 2 is 1.95 bits per heavy atom. The molecule has 0 unspecified atom stereocenters. The largest absolute Gasteiger partial charge is 0.435 e. The van der Waals surface area contributed by atoms with E-state index in [0.29, 0.717) is 18.5 Å². The van der Waals surface area contributed by atoms with E-state index in [1.54, 1.807) is 0 Å². The molecule has 0 atom stereocenters. The van der Waals surface area contributed by atoms with Crippen LogP contribution in [0.3, 0.4) is 0 Å². The molecule has 118 valence electrons. The molecule has 1 aromatic rings. The van der Waals surface area contributed by atoms with E-state index in [0.717, 1.165) is 19.3 Å². The Morgan fingerprint density at radius 3 is 2.57 bits per heavy atom. The van der Waals surface area contributed by atoms with Crippen molar-refractivity contribution in [2.24, 2.45) is 0 Å². The summed E-state index contributed by atoms with van der Waals surface area (Å²) in [4.78, 5) is 11.8. The molecule has 0 fully saturated rings. The lowest BCUT2D eigenvalue weighted by Gasteiger charge is -2.10. The van der Waals surface area contributed by atoms with Gasteiger partial charge in [0, 0.05) is 17.3 Å². The van der Waals surface area contributed by atoms with Crippen LogP contribution in [0.2, 0.25) is 0 Å². The van der Waals surface area contributed by atoms with Crippen molar-refractivity contribution < 1.29 is 18.0 Å². The number of nitrogens with one attached hydrogen (secondary N) is 1. The summed E-state index contributed by atoms with van der Waals surface area (Å²) in [6.45, 7) is 3.46. The van der Waals surface area contributed by atoms with Gasteiger partial charge in [-0.1, -0.05) is 6.42 Å². The molecule has 7 heteroatoms. The van der Waals surface area contributed by atoms with Gasteiger partial charge in [-0.3, -0.25) is 9.48 Å². The van der Waals surface area contributed by atoms with E-state index in [9.17, 15) is 18.0 Å². The molecule has 1 aliphatic rings. The van der Waals surface area contributed by atoms with E-state index in [1.807, 2.05) is 13.8 Å². The topological polar surface area (TPSA) is 46.9 Å². The van der Waals surface area contributed by atoms with E-state index in [2.05, 4.69) is 10.4 Å². The third-order valence-corrected chi connectivity index (χ3v) is 3.52. The molecule has 0 spiro atoms. The smallest absolute Gasteiger partial charge is 0.352 e. The molecule has 0 bridgehead atoms. The summed E-state index contributed by atoms with van der Waals surface area (Å²) in [7, 11) is 0. The van der Waals surface area contributed by atoms with Crippen molar-refractivity contribution >= 4 is 5.91 Å². The molecule has 1 amide bonds.